The third-order valence-electron chi connectivity index (χ3n) is 6.02. The number of rotatable bonds is 0. The zero-order chi connectivity index (χ0) is 18.9. The van der Waals surface area contributed by atoms with Crippen molar-refractivity contribution in [2.75, 3.05) is 4.90 Å². The van der Waals surface area contributed by atoms with Gasteiger partial charge in [-0.25, -0.2) is 4.79 Å². The van der Waals surface area contributed by atoms with Gasteiger partial charge in [0.1, 0.15) is 11.8 Å². The lowest BCUT2D eigenvalue weighted by atomic mass is 9.83. The summed E-state index contributed by atoms with van der Waals surface area (Å²) in [7, 11) is 0. The van der Waals surface area contributed by atoms with E-state index in [1.807, 2.05) is 36.4 Å². The Morgan fingerprint density at radius 3 is 2.75 bits per heavy atom. The number of ether oxygens (including phenoxy) is 2. The Morgan fingerprint density at radius 1 is 1.00 bits per heavy atom. The van der Waals surface area contributed by atoms with Crippen LogP contribution in [0.4, 0.5) is 10.5 Å². The van der Waals surface area contributed by atoms with Crippen molar-refractivity contribution in [3.63, 3.8) is 0 Å². The van der Waals surface area contributed by atoms with E-state index in [4.69, 9.17) is 21.1 Å². The second-order valence-electron chi connectivity index (χ2n) is 7.44. The molecule has 0 radical (unpaired) electrons. The largest absolute Gasteiger partial charge is 0.455 e. The summed E-state index contributed by atoms with van der Waals surface area (Å²) in [5.74, 6) is 1.33. The van der Waals surface area contributed by atoms with Gasteiger partial charge in [0.25, 0.3) is 0 Å². The number of benzene rings is 3. The smallest absolute Gasteiger partial charge is 0.416 e. The molecule has 1 amide bonds. The zero-order valence-corrected chi connectivity index (χ0v) is 15.6. The highest BCUT2D eigenvalue weighted by Crippen LogP contribution is 2.60. The number of carbonyl (C=O) groups is 1. The van der Waals surface area contributed by atoms with Gasteiger partial charge in [-0.15, -0.1) is 0 Å². The molecule has 1 spiro atoms. The van der Waals surface area contributed by atoms with Crippen molar-refractivity contribution in [2.24, 2.45) is 0 Å². The first-order valence-corrected chi connectivity index (χ1v) is 9.72. The van der Waals surface area contributed by atoms with Crippen LogP contribution < -0.4 is 9.64 Å². The van der Waals surface area contributed by atoms with Gasteiger partial charge in [0.05, 0.1) is 5.69 Å². The molecule has 2 aliphatic heterocycles. The van der Waals surface area contributed by atoms with E-state index < -0.39 is 5.60 Å². The molecule has 1 fully saturated rings. The molecule has 0 unspecified atom stereocenters. The van der Waals surface area contributed by atoms with Crippen LogP contribution in [0.25, 0.3) is 0 Å². The second-order valence-corrected chi connectivity index (χ2v) is 7.88. The maximum absolute atomic E-state index is 13.2. The average molecular weight is 390 g/mol. The lowest BCUT2D eigenvalue weighted by Gasteiger charge is -2.32. The highest BCUT2D eigenvalue weighted by molar-refractivity contribution is 6.31. The molecule has 0 bridgehead atoms. The van der Waals surface area contributed by atoms with Crippen LogP contribution in [0.2, 0.25) is 5.02 Å². The van der Waals surface area contributed by atoms with Gasteiger partial charge in [0.15, 0.2) is 11.4 Å². The Balaban J connectivity index is 1.66. The highest BCUT2D eigenvalue weighted by atomic mass is 35.5. The monoisotopic (exact) mass is 389 g/mol. The molecule has 2 heterocycles. The molecule has 1 saturated heterocycles. The quantitative estimate of drug-likeness (QED) is 0.474. The van der Waals surface area contributed by atoms with Crippen LogP contribution in [0.1, 0.15) is 29.2 Å². The van der Waals surface area contributed by atoms with Crippen LogP contribution >= 0.6 is 11.6 Å². The van der Waals surface area contributed by atoms with E-state index >= 15 is 0 Å². The minimum Gasteiger partial charge on any atom is -0.455 e. The number of para-hydroxylation sites is 1. The fourth-order valence-electron chi connectivity index (χ4n) is 4.88. The lowest BCUT2D eigenvalue weighted by molar-refractivity contribution is 0.0340. The molecule has 1 aliphatic carbocycles. The number of anilines is 1. The summed E-state index contributed by atoms with van der Waals surface area (Å²) in [5, 5.41) is 0.549. The number of hydrogen-bond donors (Lipinski definition) is 0. The summed E-state index contributed by atoms with van der Waals surface area (Å²) in [6, 6.07) is 21.1. The average Bonchev–Trinajstić information content (AvgIpc) is 3.16. The number of fused-ring (bicyclic) bond motifs is 8. The van der Waals surface area contributed by atoms with Crippen LogP contribution in [0, 0.1) is 0 Å². The topological polar surface area (TPSA) is 38.8 Å². The van der Waals surface area contributed by atoms with Crippen LogP contribution in [0.15, 0.2) is 66.7 Å². The summed E-state index contributed by atoms with van der Waals surface area (Å²) < 4.78 is 12.4. The third kappa shape index (κ3) is 1.98. The van der Waals surface area contributed by atoms with Crippen LogP contribution in [0.5, 0.6) is 11.5 Å². The molecule has 3 aliphatic rings. The standard InChI is InChI=1S/C23H16ClNO3/c24-15-9-10-20-18(13-15)25-21(16-6-2-4-8-19(16)27-20)23(28-22(25)26)12-11-14-5-1-3-7-17(14)23/h1-10,13,21H,11-12H2/t21-,23-/m1/s1. The van der Waals surface area contributed by atoms with Gasteiger partial charge >= 0.3 is 6.09 Å². The van der Waals surface area contributed by atoms with E-state index in [2.05, 4.69) is 12.1 Å². The van der Waals surface area contributed by atoms with Crippen molar-refractivity contribution in [1.82, 2.24) is 0 Å². The van der Waals surface area contributed by atoms with E-state index in [1.54, 1.807) is 23.1 Å². The molecular weight excluding hydrogens is 374 g/mol. The normalized spacial score (nSPS) is 24.0. The first kappa shape index (κ1) is 16.0. The van der Waals surface area contributed by atoms with Crippen LogP contribution in [-0.4, -0.2) is 6.09 Å². The van der Waals surface area contributed by atoms with E-state index in [0.29, 0.717) is 16.5 Å². The molecule has 0 saturated carbocycles. The van der Waals surface area contributed by atoms with Crippen molar-refractivity contribution in [3.05, 3.63) is 88.4 Å². The van der Waals surface area contributed by atoms with Gasteiger partial charge in [-0.2, -0.15) is 0 Å². The predicted molar refractivity (Wildman–Crippen MR) is 106 cm³/mol. The fraction of sp³-hybridized carbons (Fsp3) is 0.174. The van der Waals surface area contributed by atoms with E-state index in [0.717, 1.165) is 29.7 Å². The predicted octanol–water partition coefficient (Wildman–Crippen LogP) is 5.99. The molecular formula is C23H16ClNO3. The second kappa shape index (κ2) is 5.52. The van der Waals surface area contributed by atoms with Gasteiger partial charge < -0.3 is 9.47 Å². The maximum Gasteiger partial charge on any atom is 0.416 e. The van der Waals surface area contributed by atoms with Crippen molar-refractivity contribution in [3.8, 4) is 11.5 Å². The number of aryl methyl sites for hydroxylation is 1. The van der Waals surface area contributed by atoms with Crippen LogP contribution in [-0.2, 0) is 16.8 Å². The Bertz CT molecular complexity index is 1140. The number of carbonyl (C=O) groups excluding carboxylic acids is 1. The Labute approximate surface area is 167 Å². The molecule has 0 N–H and O–H groups in total. The van der Waals surface area contributed by atoms with Crippen molar-refractivity contribution in [2.45, 2.75) is 24.5 Å². The SMILES string of the molecule is O=C1O[C@@]2(CCc3ccccc32)[C@H]2c3ccccc3Oc3ccc(Cl)cc3N12. The first-order chi connectivity index (χ1) is 13.7. The van der Waals surface area contributed by atoms with Gasteiger partial charge in [-0.3, -0.25) is 4.90 Å². The zero-order valence-electron chi connectivity index (χ0n) is 14.9. The van der Waals surface area contributed by atoms with Crippen molar-refractivity contribution < 1.29 is 14.3 Å². The van der Waals surface area contributed by atoms with Gasteiger partial charge in [0.2, 0.25) is 0 Å². The Hall–Kier alpha value is -2.98. The van der Waals surface area contributed by atoms with Gasteiger partial charge in [0, 0.05) is 16.1 Å². The third-order valence-corrected chi connectivity index (χ3v) is 6.25. The molecule has 4 nitrogen and oxygen atoms in total. The summed E-state index contributed by atoms with van der Waals surface area (Å²) >= 11 is 6.28. The minimum atomic E-state index is -0.739. The van der Waals surface area contributed by atoms with E-state index in [-0.39, 0.29) is 12.1 Å². The van der Waals surface area contributed by atoms with Crippen molar-refractivity contribution >= 4 is 23.4 Å². The highest BCUT2D eigenvalue weighted by Gasteiger charge is 2.60. The summed E-state index contributed by atoms with van der Waals surface area (Å²) in [5.41, 5.74) is 3.15. The molecule has 6 rings (SSSR count). The van der Waals surface area contributed by atoms with Gasteiger partial charge in [-0.05, 0) is 42.7 Å². The Kier molecular flexibility index (Phi) is 3.16. The molecule has 3 aromatic rings. The molecule has 3 aromatic carbocycles. The number of hydrogen-bond acceptors (Lipinski definition) is 3. The number of amides is 1. The minimum absolute atomic E-state index is 0.320. The number of halogens is 1. The summed E-state index contributed by atoms with van der Waals surface area (Å²) in [4.78, 5) is 14.9. The maximum atomic E-state index is 13.2. The molecule has 2 atom stereocenters. The lowest BCUT2D eigenvalue weighted by Crippen LogP contribution is -2.34. The Morgan fingerprint density at radius 2 is 1.82 bits per heavy atom. The summed E-state index contributed by atoms with van der Waals surface area (Å²) in [6.07, 6.45) is 1.24. The molecule has 138 valence electrons. The van der Waals surface area contributed by atoms with Crippen molar-refractivity contribution in [1.29, 1.82) is 0 Å². The molecule has 28 heavy (non-hydrogen) atoms. The van der Waals surface area contributed by atoms with Crippen LogP contribution in [0.3, 0.4) is 0 Å². The van der Waals surface area contributed by atoms with E-state index in [9.17, 15) is 4.79 Å². The number of nitrogens with zero attached hydrogens (tertiary/aromatic N) is 1. The van der Waals surface area contributed by atoms with Gasteiger partial charge in [-0.1, -0.05) is 54.1 Å². The molecule has 5 heteroatoms. The summed E-state index contributed by atoms with van der Waals surface area (Å²) in [6.45, 7) is 0. The van der Waals surface area contributed by atoms with E-state index in [1.165, 1.54) is 5.56 Å². The molecule has 0 aromatic heterocycles. The fourth-order valence-corrected chi connectivity index (χ4v) is 5.05. The first-order valence-electron chi connectivity index (χ1n) is 9.34.